The van der Waals surface area contributed by atoms with E-state index in [0.29, 0.717) is 0 Å². The summed E-state index contributed by atoms with van der Waals surface area (Å²) in [4.78, 5) is 32.8. The van der Waals surface area contributed by atoms with Crippen molar-refractivity contribution in [2.24, 2.45) is 0 Å². The van der Waals surface area contributed by atoms with Crippen molar-refractivity contribution >= 4 is 23.3 Å². The maximum Gasteiger partial charge on any atom is 0.374 e. The van der Waals surface area contributed by atoms with Gasteiger partial charge in [0.1, 0.15) is 0 Å². The SMILES string of the molecule is O=[N+]([O-])N1CN([N+](=O)[O-])c2c1[n+]([O-])c1c([n+]2[O-])N([N+](=O)[O-])CN1. The van der Waals surface area contributed by atoms with Gasteiger partial charge in [0.25, 0.3) is 0 Å². The fraction of sp³-hybridized carbons (Fsp3) is 0.333. The van der Waals surface area contributed by atoms with Crippen LogP contribution in [0.3, 0.4) is 0 Å². The van der Waals surface area contributed by atoms with Crippen molar-refractivity contribution in [1.29, 1.82) is 0 Å². The highest BCUT2D eigenvalue weighted by Crippen LogP contribution is 2.35. The fourth-order valence-corrected chi connectivity index (χ4v) is 2.27. The van der Waals surface area contributed by atoms with Crippen molar-refractivity contribution in [2.45, 2.75) is 0 Å². The lowest BCUT2D eigenvalue weighted by atomic mass is 10.5. The first-order valence-electron chi connectivity index (χ1n) is 5.68. The van der Waals surface area contributed by atoms with Crippen LogP contribution >= 0.6 is 0 Å². The van der Waals surface area contributed by atoms with Crippen LogP contribution in [0.5, 0.6) is 0 Å². The number of rotatable bonds is 3. The minimum Gasteiger partial charge on any atom is -0.739 e. The number of nitrogens with zero attached hydrogens (tertiary/aromatic N) is 8. The van der Waals surface area contributed by atoms with E-state index in [2.05, 4.69) is 5.32 Å². The Morgan fingerprint density at radius 2 is 1.30 bits per heavy atom. The van der Waals surface area contributed by atoms with Gasteiger partial charge in [-0.05, 0) is 0 Å². The highest BCUT2D eigenvalue weighted by Gasteiger charge is 2.57. The van der Waals surface area contributed by atoms with Crippen LogP contribution in [0.4, 0.5) is 23.3 Å². The summed E-state index contributed by atoms with van der Waals surface area (Å²) < 4.78 is -0.414. The van der Waals surface area contributed by atoms with Gasteiger partial charge < -0.3 is 10.4 Å². The summed E-state index contributed by atoms with van der Waals surface area (Å²) in [6, 6.07) is 0. The molecule has 0 atom stereocenters. The molecule has 0 unspecified atom stereocenters. The summed E-state index contributed by atoms with van der Waals surface area (Å²) in [5.74, 6) is -3.33. The molecular weight excluding hydrogens is 326 g/mol. The van der Waals surface area contributed by atoms with Crippen LogP contribution < -0.4 is 29.8 Å². The lowest BCUT2D eigenvalue weighted by molar-refractivity contribution is -0.648. The van der Waals surface area contributed by atoms with Gasteiger partial charge >= 0.3 is 29.9 Å². The molecule has 1 N–H and O–H groups in total. The molecule has 17 heteroatoms. The maximum absolute atomic E-state index is 12.3. The number of hydrogen-bond donors (Lipinski definition) is 1. The summed E-state index contributed by atoms with van der Waals surface area (Å²) in [6.07, 6.45) is 0. The predicted octanol–water partition coefficient (Wildman–Crippen LogP) is -2.70. The molecule has 0 radical (unpaired) electrons. The van der Waals surface area contributed by atoms with E-state index in [1.807, 2.05) is 0 Å². The molecule has 1 aromatic heterocycles. The van der Waals surface area contributed by atoms with Gasteiger partial charge in [-0.25, -0.2) is 39.8 Å². The minimum atomic E-state index is -1.14. The average Bonchev–Trinajstić information content (AvgIpc) is 3.06. The van der Waals surface area contributed by atoms with Crippen LogP contribution in [0.1, 0.15) is 0 Å². The van der Waals surface area contributed by atoms with E-state index < -0.39 is 51.7 Å². The largest absolute Gasteiger partial charge is 0.739 e. The normalized spacial score (nSPS) is 15.2. The van der Waals surface area contributed by atoms with Gasteiger partial charge in [-0.2, -0.15) is 0 Å². The van der Waals surface area contributed by atoms with Crippen molar-refractivity contribution in [1.82, 2.24) is 0 Å². The molecule has 0 bridgehead atoms. The first-order chi connectivity index (χ1) is 10.8. The quantitative estimate of drug-likeness (QED) is 0.260. The van der Waals surface area contributed by atoms with Gasteiger partial charge in [0.05, 0.1) is 0 Å². The van der Waals surface area contributed by atoms with Crippen molar-refractivity contribution in [3.63, 3.8) is 0 Å². The molecule has 3 heterocycles. The zero-order chi connectivity index (χ0) is 17.0. The van der Waals surface area contributed by atoms with Crippen LogP contribution in [-0.4, -0.2) is 28.4 Å². The highest BCUT2D eigenvalue weighted by molar-refractivity contribution is 5.66. The van der Waals surface area contributed by atoms with Crippen molar-refractivity contribution < 1.29 is 24.6 Å². The van der Waals surface area contributed by atoms with E-state index in [4.69, 9.17) is 0 Å². The molecule has 23 heavy (non-hydrogen) atoms. The Labute approximate surface area is 123 Å². The molecule has 2 aliphatic rings. The molecule has 0 aliphatic carbocycles. The number of nitrogens with one attached hydrogen (secondary N) is 1. The standard InChI is InChI=1S/C6H5N9O8/c16-11-3-4(8(1-7-3)13(18)19)12(17)6-5(11)9(14(20)21)2-10(6)15(22)23/h7H,1-2H2. The molecule has 2 aliphatic heterocycles. The molecular formula is C6H5N9O8. The first kappa shape index (κ1) is 14.0. The van der Waals surface area contributed by atoms with E-state index in [9.17, 15) is 40.8 Å². The van der Waals surface area contributed by atoms with Gasteiger partial charge in [0.2, 0.25) is 21.8 Å². The summed E-state index contributed by atoms with van der Waals surface area (Å²) >= 11 is 0. The second-order valence-electron chi connectivity index (χ2n) is 4.30. The fourth-order valence-electron chi connectivity index (χ4n) is 2.27. The van der Waals surface area contributed by atoms with Crippen LogP contribution in [0.25, 0.3) is 0 Å². The molecule has 0 saturated heterocycles. The number of aromatic nitrogens is 2. The number of fused-ring (bicyclic) bond motifs is 2. The van der Waals surface area contributed by atoms with Crippen LogP contribution in [0.2, 0.25) is 0 Å². The number of hydrazine groups is 3. The first-order valence-corrected chi connectivity index (χ1v) is 5.68. The van der Waals surface area contributed by atoms with Gasteiger partial charge in [0, 0.05) is 15.0 Å². The van der Waals surface area contributed by atoms with Crippen molar-refractivity contribution in [3.8, 4) is 0 Å². The van der Waals surface area contributed by atoms with Crippen LogP contribution in [0.15, 0.2) is 0 Å². The topological polar surface area (TPSA) is 205 Å². The molecule has 0 spiro atoms. The summed E-state index contributed by atoms with van der Waals surface area (Å²) in [5, 5.41) is 56.7. The van der Waals surface area contributed by atoms with E-state index in [-0.39, 0.29) is 24.5 Å². The lowest BCUT2D eigenvalue weighted by Gasteiger charge is -2.16. The average molecular weight is 331 g/mol. The Bertz CT molecular complexity index is 765. The zero-order valence-electron chi connectivity index (χ0n) is 10.8. The molecule has 0 saturated carbocycles. The van der Waals surface area contributed by atoms with E-state index >= 15 is 0 Å². The Hall–Kier alpha value is -3.92. The van der Waals surface area contributed by atoms with E-state index in [1.165, 1.54) is 0 Å². The maximum atomic E-state index is 12.3. The number of hydrogen-bond acceptors (Lipinski definition) is 9. The van der Waals surface area contributed by atoms with Crippen LogP contribution in [-0.2, 0) is 0 Å². The summed E-state index contributed by atoms with van der Waals surface area (Å²) in [6.45, 7) is -1.58. The smallest absolute Gasteiger partial charge is 0.374 e. The van der Waals surface area contributed by atoms with E-state index in [0.717, 1.165) is 0 Å². The van der Waals surface area contributed by atoms with Gasteiger partial charge in [0.15, 0.2) is 0 Å². The molecule has 3 rings (SSSR count). The predicted molar refractivity (Wildman–Crippen MR) is 66.1 cm³/mol. The molecule has 0 aromatic carbocycles. The molecule has 0 amide bonds. The third kappa shape index (κ3) is 1.66. The van der Waals surface area contributed by atoms with Crippen molar-refractivity contribution in [2.75, 3.05) is 33.7 Å². The molecule has 122 valence electrons. The zero-order valence-corrected chi connectivity index (χ0v) is 10.8. The summed E-state index contributed by atoms with van der Waals surface area (Å²) in [5.41, 5.74) is 0. The summed E-state index contributed by atoms with van der Waals surface area (Å²) in [7, 11) is 0. The minimum absolute atomic E-state index is 0.0518. The van der Waals surface area contributed by atoms with E-state index in [1.54, 1.807) is 0 Å². The van der Waals surface area contributed by atoms with Gasteiger partial charge in [-0.1, -0.05) is 0 Å². The number of nitro groups is 3. The Morgan fingerprint density at radius 3 is 1.78 bits per heavy atom. The Morgan fingerprint density at radius 1 is 0.826 bits per heavy atom. The Balaban J connectivity index is 2.32. The van der Waals surface area contributed by atoms with Crippen LogP contribution in [0, 0.1) is 40.8 Å². The second kappa shape index (κ2) is 4.29. The third-order valence-corrected chi connectivity index (χ3v) is 3.18. The Kier molecular flexibility index (Phi) is 2.62. The molecule has 17 nitrogen and oxygen atoms in total. The number of anilines is 4. The monoisotopic (exact) mass is 331 g/mol. The lowest BCUT2D eigenvalue weighted by Crippen LogP contribution is -2.47. The molecule has 0 fully saturated rings. The van der Waals surface area contributed by atoms with Gasteiger partial charge in [-0.15, -0.1) is 0 Å². The second-order valence-corrected chi connectivity index (χ2v) is 4.30. The third-order valence-electron chi connectivity index (χ3n) is 3.18. The molecule has 1 aromatic rings. The van der Waals surface area contributed by atoms with Gasteiger partial charge in [-0.3, -0.25) is 5.32 Å². The highest BCUT2D eigenvalue weighted by atomic mass is 16.7. The van der Waals surface area contributed by atoms with Crippen molar-refractivity contribution in [3.05, 3.63) is 40.8 Å².